The summed E-state index contributed by atoms with van der Waals surface area (Å²) in [6.45, 7) is 43.1. The van der Waals surface area contributed by atoms with Crippen molar-refractivity contribution in [3.05, 3.63) is 366 Å². The van der Waals surface area contributed by atoms with Gasteiger partial charge in [-0.1, -0.05) is 332 Å². The van der Waals surface area contributed by atoms with Crippen LogP contribution in [0.1, 0.15) is 270 Å². The highest BCUT2D eigenvalue weighted by Crippen LogP contribution is 2.59. The van der Waals surface area contributed by atoms with Crippen LogP contribution in [0.3, 0.4) is 0 Å². The smallest absolute Gasteiger partial charge is 0.266 e. The summed E-state index contributed by atoms with van der Waals surface area (Å²) < 4.78 is 29.3. The van der Waals surface area contributed by atoms with Gasteiger partial charge in [0.15, 0.2) is 0 Å². The SMILES string of the molecule is CC(C)c1cccc(C(C)C)c1N1C(=O)c2cc(Oc3ccc(C(C)(C)C)cc3)c3c4cccc5c(-c6cc7cc8c(cc7cc6Cl)/C=C\c6cc7cc(Cl)c(-c9ccc%10c%11c(Oc%12ccc(C(C)(C)C)cc%12)cc%12c%13c(cc(Oc%14ccc(C(C)(C)C)cc%14)c(c%14cccc9c%14%10)c%13%11)C(=O)N(c9c(C(C)C)cccc9C(C)C)C%12=O)cc7cc6/C=C\8)ccc(c6c(Oc7ccc(C(C)(C)C)cc7)cc(c2c36)C1=O)c54. The summed E-state index contributed by atoms with van der Waals surface area (Å²) in [5, 5.41) is 17.6. The first-order valence-corrected chi connectivity index (χ1v) is 51.0. The van der Waals surface area contributed by atoms with Crippen molar-refractivity contribution in [2.45, 2.75) is 184 Å². The molecule has 1 aliphatic carbocycles. The van der Waals surface area contributed by atoms with Crippen molar-refractivity contribution in [2.75, 3.05) is 9.80 Å². The largest absolute Gasteiger partial charge is 0.457 e. The predicted octanol–water partition coefficient (Wildman–Crippen LogP) is 37.8. The quantitative estimate of drug-likeness (QED) is 0.0534. The Morgan fingerprint density at radius 1 is 0.229 bits per heavy atom. The molecule has 0 saturated carbocycles. The third-order valence-electron chi connectivity index (χ3n) is 30.2. The van der Waals surface area contributed by atoms with Crippen LogP contribution in [0.2, 0.25) is 10.0 Å². The lowest BCUT2D eigenvalue weighted by Gasteiger charge is -2.33. The maximum absolute atomic E-state index is 16.2. The number of ether oxygens (including phenoxy) is 4. The zero-order valence-electron chi connectivity index (χ0n) is 84.9. The van der Waals surface area contributed by atoms with Crippen molar-refractivity contribution in [2.24, 2.45) is 0 Å². The van der Waals surface area contributed by atoms with Crippen molar-refractivity contribution >= 4 is 190 Å². The molecule has 144 heavy (non-hydrogen) atoms. The van der Waals surface area contributed by atoms with Crippen molar-refractivity contribution in [1.82, 2.24) is 0 Å². The molecule has 20 aromatic carbocycles. The highest BCUT2D eigenvalue weighted by Gasteiger charge is 2.44. The first-order chi connectivity index (χ1) is 68.7. The lowest BCUT2D eigenvalue weighted by atomic mass is 9.82. The summed E-state index contributed by atoms with van der Waals surface area (Å²) in [5.74, 6) is 2.37. The summed E-state index contributed by atoms with van der Waals surface area (Å²) in [6.07, 6.45) is 8.80. The standard InChI is InChI=1S/C132H112Cl2N2O8/c1-69(2)89-25-21-26-90(70(3)4)123(89)135-125(137)103-65-109(141-85-45-37-81(38-46-85)129(9,10)11)117-97-31-23-29-95-93(53-55-99(113(95)97)119-111(67-105(127(135)139)115(103)121(117)119)143-87-49-41-83(42-50-87)131(15,16)17)101-61-77-57-73-33-34-74-58-78-62-102(108(134)64-80(78)60-76(74)36-35-75(73)59-79(77)63-107(101)133)94-54-56-100-114-96(94)30-24-32-98(114)118-110(142-86-47-39-82(40-48-86)130(12,13)14)66-104-116-106(68-112(120(100)122(116)118)144-88-51-43-84(44-52-88)132(18,19)20)128(140)136(126(104)138)124-91(71(5)6)27-22-28-92(124)72(7)8/h21-72H,1-20H3/b34-33-,36-35-,73-33?,74-34?,75-35?,76-36?. The molecule has 712 valence electrons. The number of amides is 4. The highest BCUT2D eigenvalue weighted by atomic mass is 35.5. The average Bonchev–Trinajstić information content (AvgIpc) is 0.684. The number of carbonyl (C=O) groups is 4. The molecule has 20 aromatic rings. The van der Waals surface area contributed by atoms with Gasteiger partial charge in [-0.25, -0.2) is 9.80 Å². The molecule has 0 atom stereocenters. The van der Waals surface area contributed by atoms with Crippen molar-refractivity contribution in [3.63, 3.8) is 0 Å². The summed E-state index contributed by atoms with van der Waals surface area (Å²) in [4.78, 5) is 67.8. The molecule has 0 radical (unpaired) electrons. The van der Waals surface area contributed by atoms with Crippen LogP contribution < -0.4 is 28.7 Å². The monoisotopic (exact) mass is 1920 g/mol. The topological polar surface area (TPSA) is 112 Å². The van der Waals surface area contributed by atoms with Gasteiger partial charge in [0.25, 0.3) is 23.6 Å². The number of para-hydroxylation sites is 2. The maximum Gasteiger partial charge on any atom is 0.266 e. The van der Waals surface area contributed by atoms with E-state index in [0.29, 0.717) is 111 Å². The molecule has 0 bridgehead atoms. The summed E-state index contributed by atoms with van der Waals surface area (Å²) >= 11 is 15.6. The fourth-order valence-electron chi connectivity index (χ4n) is 22.6. The molecule has 2 heterocycles. The first-order valence-electron chi connectivity index (χ1n) is 50.3. The van der Waals surface area contributed by atoms with Crippen LogP contribution in [0.15, 0.2) is 267 Å². The van der Waals surface area contributed by atoms with E-state index in [-0.39, 0.29) is 45.3 Å². The minimum Gasteiger partial charge on any atom is -0.457 e. The Bertz CT molecular complexity index is 8160. The van der Waals surface area contributed by atoms with Gasteiger partial charge in [-0.2, -0.15) is 0 Å². The van der Waals surface area contributed by atoms with Crippen LogP contribution in [0.5, 0.6) is 46.0 Å². The number of nitrogens with zero attached hydrogens (tertiary/aromatic N) is 2. The van der Waals surface area contributed by atoms with E-state index in [1.807, 2.05) is 109 Å². The second kappa shape index (κ2) is 33.9. The number of imide groups is 2. The number of halogens is 2. The van der Waals surface area contributed by atoms with Gasteiger partial charge in [0.2, 0.25) is 0 Å². The van der Waals surface area contributed by atoms with Gasteiger partial charge in [-0.15, -0.1) is 0 Å². The summed E-state index contributed by atoms with van der Waals surface area (Å²) in [6, 6.07) is 91.4. The Labute approximate surface area is 850 Å². The van der Waals surface area contributed by atoms with E-state index in [2.05, 4.69) is 321 Å². The molecule has 0 aromatic heterocycles. The molecule has 0 saturated heterocycles. The molecule has 4 amide bonds. The van der Waals surface area contributed by atoms with E-state index >= 15 is 19.2 Å². The Kier molecular flexibility index (Phi) is 21.8. The molecule has 2 aliphatic heterocycles. The first kappa shape index (κ1) is 92.8. The molecule has 0 N–H and O–H groups in total. The van der Waals surface area contributed by atoms with Crippen LogP contribution in [-0.2, 0) is 21.7 Å². The van der Waals surface area contributed by atoms with Crippen molar-refractivity contribution < 1.29 is 38.1 Å². The minimum atomic E-state index is -0.429. The van der Waals surface area contributed by atoms with E-state index in [0.717, 1.165) is 175 Å². The van der Waals surface area contributed by atoms with E-state index in [9.17, 15) is 0 Å². The molecule has 0 spiro atoms. The molecule has 3 aliphatic rings. The molecule has 23 rings (SSSR count). The van der Waals surface area contributed by atoms with Gasteiger partial charge in [-0.3, -0.25) is 19.2 Å². The van der Waals surface area contributed by atoms with Gasteiger partial charge >= 0.3 is 0 Å². The number of fused-ring (bicyclic) bond motifs is 8. The van der Waals surface area contributed by atoms with Crippen LogP contribution in [-0.4, -0.2) is 23.6 Å². The van der Waals surface area contributed by atoms with E-state index in [1.54, 1.807) is 0 Å². The van der Waals surface area contributed by atoms with Crippen molar-refractivity contribution in [1.29, 1.82) is 0 Å². The zero-order chi connectivity index (χ0) is 101. The van der Waals surface area contributed by atoms with Gasteiger partial charge in [0.1, 0.15) is 46.0 Å². The zero-order valence-corrected chi connectivity index (χ0v) is 86.5. The minimum absolute atomic E-state index is 0.0242. The van der Waals surface area contributed by atoms with Gasteiger partial charge in [-0.05, 0) is 309 Å². The van der Waals surface area contributed by atoms with Crippen LogP contribution >= 0.6 is 23.2 Å². The molecule has 10 nitrogen and oxygen atoms in total. The van der Waals surface area contributed by atoms with Crippen molar-refractivity contribution in [3.8, 4) is 68.2 Å². The average molecular weight is 1930 g/mol. The Morgan fingerprint density at radius 2 is 0.465 bits per heavy atom. The highest BCUT2D eigenvalue weighted by molar-refractivity contribution is 6.47. The molecule has 0 unspecified atom stereocenters. The fourth-order valence-corrected chi connectivity index (χ4v) is 23.2. The second-order valence-corrected chi connectivity index (χ2v) is 45.9. The van der Waals surface area contributed by atoms with Gasteiger partial charge in [0, 0.05) is 64.3 Å². The second-order valence-electron chi connectivity index (χ2n) is 45.0. The predicted molar refractivity (Wildman–Crippen MR) is 601 cm³/mol. The van der Waals surface area contributed by atoms with Gasteiger partial charge in [0.05, 0.1) is 33.6 Å². The summed E-state index contributed by atoms with van der Waals surface area (Å²) in [5.41, 5.74) is 17.8. The fraction of sp³-hybridized carbons (Fsp3) is 0.212. The normalized spacial score (nSPS) is 14.2. The number of anilines is 2. The van der Waals surface area contributed by atoms with Crippen LogP contribution in [0.25, 0.3) is 154 Å². The third kappa shape index (κ3) is 15.2. The number of carbonyl (C=O) groups excluding carboxylic acids is 4. The summed E-state index contributed by atoms with van der Waals surface area (Å²) in [7, 11) is 0. The number of benzene rings is 20. The maximum atomic E-state index is 16.2. The third-order valence-corrected chi connectivity index (χ3v) is 30.8. The lowest BCUT2D eigenvalue weighted by Crippen LogP contribution is -2.42. The Balaban J connectivity index is 0.662. The van der Waals surface area contributed by atoms with Crippen LogP contribution in [0, 0.1) is 0 Å². The van der Waals surface area contributed by atoms with E-state index < -0.39 is 23.6 Å². The number of rotatable bonds is 16. The van der Waals surface area contributed by atoms with E-state index in [4.69, 9.17) is 42.1 Å². The van der Waals surface area contributed by atoms with E-state index in [1.165, 1.54) is 9.80 Å². The lowest BCUT2D eigenvalue weighted by molar-refractivity contribution is 0.0877. The number of hydrogen-bond donors (Lipinski definition) is 0. The molecular weight excluding hydrogens is 1810 g/mol. The molecular formula is C132H112Cl2N2O8. The Hall–Kier alpha value is -14.9. The molecule has 12 heteroatoms. The number of hydrogen-bond acceptors (Lipinski definition) is 8. The molecule has 0 fully saturated rings. The van der Waals surface area contributed by atoms with Gasteiger partial charge < -0.3 is 18.9 Å². The Morgan fingerprint density at radius 3 is 0.715 bits per heavy atom. The van der Waals surface area contributed by atoms with Crippen LogP contribution in [0.4, 0.5) is 11.4 Å².